The summed E-state index contributed by atoms with van der Waals surface area (Å²) in [6.45, 7) is 64.5. The summed E-state index contributed by atoms with van der Waals surface area (Å²) in [5, 5.41) is 17.1. The molecule has 0 amide bonds. The van der Waals surface area contributed by atoms with Crippen molar-refractivity contribution in [1.82, 2.24) is 0 Å². The fraction of sp³-hybridized carbons (Fsp3) is 0.521. The Kier molecular flexibility index (Phi) is 19.3. The molecule has 4 aromatic rings. The maximum Gasteiger partial charge on any atom is 4.00 e. The van der Waals surface area contributed by atoms with E-state index in [1.54, 1.807) is 79.7 Å². The van der Waals surface area contributed by atoms with E-state index in [2.05, 4.69) is 203 Å². The second-order valence-corrected chi connectivity index (χ2v) is 57.3. The van der Waals surface area contributed by atoms with Crippen molar-refractivity contribution in [3.8, 4) is 0 Å². The average Bonchev–Trinajstić information content (AvgIpc) is 3.16. The summed E-state index contributed by atoms with van der Waals surface area (Å²) in [6, 6.07) is 16.3. The van der Waals surface area contributed by atoms with Gasteiger partial charge in [-0.1, -0.05) is 245 Å². The van der Waals surface area contributed by atoms with Crippen LogP contribution < -0.4 is 89.1 Å². The summed E-state index contributed by atoms with van der Waals surface area (Å²) in [5.41, 5.74) is 11.0. The van der Waals surface area contributed by atoms with Gasteiger partial charge in [0, 0.05) is 0 Å². The van der Waals surface area contributed by atoms with Crippen molar-refractivity contribution in [3.63, 3.8) is 0 Å². The van der Waals surface area contributed by atoms with Gasteiger partial charge in [-0.25, -0.2) is 0 Å². The van der Waals surface area contributed by atoms with Gasteiger partial charge in [0.05, 0.1) is 48.4 Å². The Morgan fingerprint density at radius 3 is 0.644 bits per heavy atom. The third-order valence-corrected chi connectivity index (χ3v) is 31.9. The standard InChI is InChI=1S/C48H81Si7.3ClH.Ti/c1-32-33(2)35(4)45(34(32)3)55(42-29-26-39(49(8,9)10)36(5)46(42)52(17,18)19,43-30-27-40(50(11,12)13)37(6)47(43)53(20,21)22)44-31-28-41(51(14,15)16)38(7)48(44)54(23,24)25;;;;/h26-31H,1-25H3;3*1H;/q-1;;;;+4/p-3. The van der Waals surface area contributed by atoms with E-state index < -0.39 is 56.5 Å². The van der Waals surface area contributed by atoms with Gasteiger partial charge in [-0.2, -0.15) is 22.3 Å². The molecule has 0 fully saturated rings. The Morgan fingerprint density at radius 1 is 0.288 bits per heavy atom. The molecule has 4 aromatic carbocycles. The van der Waals surface area contributed by atoms with E-state index in [9.17, 15) is 0 Å². The second kappa shape index (κ2) is 19.3. The topological polar surface area (TPSA) is 0 Å². The molecule has 0 aliphatic rings. The van der Waals surface area contributed by atoms with Crippen LogP contribution in [0.25, 0.3) is 0 Å². The third-order valence-electron chi connectivity index (χ3n) is 13.1. The van der Waals surface area contributed by atoms with Crippen LogP contribution in [0.2, 0.25) is 118 Å². The first kappa shape index (κ1) is 59.1. The summed E-state index contributed by atoms with van der Waals surface area (Å²) in [7, 11) is -13.7. The van der Waals surface area contributed by atoms with Crippen molar-refractivity contribution in [1.29, 1.82) is 0 Å². The smallest absolute Gasteiger partial charge is 1.00 e. The molecule has 326 valence electrons. The first-order valence-corrected chi connectivity index (χ1v) is 44.2. The number of benzene rings is 3. The largest absolute Gasteiger partial charge is 4.00 e. The fourth-order valence-corrected chi connectivity index (χ4v) is 34.3. The summed E-state index contributed by atoms with van der Waals surface area (Å²) >= 11 is 0. The van der Waals surface area contributed by atoms with Crippen molar-refractivity contribution in [2.24, 2.45) is 0 Å². The zero-order valence-electron chi connectivity index (χ0n) is 42.1. The molecule has 0 radical (unpaired) electrons. The minimum atomic E-state index is -3.05. The van der Waals surface area contributed by atoms with Crippen LogP contribution in [0.1, 0.15) is 38.9 Å². The van der Waals surface area contributed by atoms with Crippen LogP contribution in [0.5, 0.6) is 0 Å². The summed E-state index contributed by atoms with van der Waals surface area (Å²) in [4.78, 5) is 0. The minimum Gasteiger partial charge on any atom is -1.00 e. The Labute approximate surface area is 405 Å². The van der Waals surface area contributed by atoms with E-state index in [1.807, 2.05) is 0 Å². The average molecular weight is 1010 g/mol. The summed E-state index contributed by atoms with van der Waals surface area (Å²) < 4.78 is 0. The van der Waals surface area contributed by atoms with Gasteiger partial charge >= 0.3 is 21.7 Å². The molecular formula is C48H81Cl3Si7Ti. The molecule has 11 heteroatoms. The maximum absolute atomic E-state index is 3.05. The molecule has 0 atom stereocenters. The monoisotopic (exact) mass is 1010 g/mol. The van der Waals surface area contributed by atoms with E-state index in [-0.39, 0.29) is 58.9 Å². The van der Waals surface area contributed by atoms with Crippen LogP contribution in [0.4, 0.5) is 0 Å². The normalized spacial score (nSPS) is 13.0. The van der Waals surface area contributed by atoms with Crippen LogP contribution in [0, 0.1) is 48.5 Å². The number of halogens is 3. The molecule has 0 aliphatic heterocycles. The van der Waals surface area contributed by atoms with Crippen LogP contribution in [-0.4, -0.2) is 56.5 Å². The van der Waals surface area contributed by atoms with Gasteiger partial charge in [-0.3, -0.25) is 0 Å². The predicted molar refractivity (Wildman–Crippen MR) is 277 cm³/mol. The Bertz CT molecular complexity index is 1920. The molecule has 59 heavy (non-hydrogen) atoms. The van der Waals surface area contributed by atoms with Crippen LogP contribution in [0.3, 0.4) is 0 Å². The van der Waals surface area contributed by atoms with E-state index in [0.29, 0.717) is 0 Å². The molecule has 0 spiro atoms. The van der Waals surface area contributed by atoms with Crippen LogP contribution >= 0.6 is 0 Å². The molecule has 0 nitrogen and oxygen atoms in total. The van der Waals surface area contributed by atoms with E-state index >= 15 is 0 Å². The van der Waals surface area contributed by atoms with Gasteiger partial charge in [-0.05, 0) is 20.8 Å². The minimum absolute atomic E-state index is 0. The van der Waals surface area contributed by atoms with Crippen molar-refractivity contribution in [3.05, 3.63) is 75.3 Å². The summed E-state index contributed by atoms with van der Waals surface area (Å²) in [5.74, 6) is 0. The molecule has 0 aliphatic carbocycles. The maximum atomic E-state index is 2.77. The quantitative estimate of drug-likeness (QED) is 0.111. The second-order valence-electron chi connectivity index (χ2n) is 23.6. The SMILES string of the molecule is Cc1c([Si](C)(C)C)ccc([Si](c2ccc([Si](C)(C)C)c(C)c2[Si](C)(C)C)(c2ccc([Si](C)(C)C)c(C)c2[Si](C)(C)C)[c-]2c(C)c(C)c(C)c2C)c1[Si](C)(C)C.[Cl-].[Cl-].[Cl-].[Ti+4]. The van der Waals surface area contributed by atoms with Gasteiger partial charge in [0.2, 0.25) is 0 Å². The van der Waals surface area contributed by atoms with Crippen LogP contribution in [0.15, 0.2) is 36.4 Å². The zero-order chi connectivity index (χ0) is 42.6. The van der Waals surface area contributed by atoms with Gasteiger partial charge in [-0.15, -0.1) is 5.19 Å². The Morgan fingerprint density at radius 2 is 0.475 bits per heavy atom. The van der Waals surface area contributed by atoms with Gasteiger partial charge in [0.15, 0.2) is 0 Å². The molecule has 4 rings (SSSR count). The molecule has 0 N–H and O–H groups in total. The van der Waals surface area contributed by atoms with Crippen molar-refractivity contribution in [2.75, 3.05) is 0 Å². The van der Waals surface area contributed by atoms with Gasteiger partial charge in [0.1, 0.15) is 8.07 Å². The Hall–Kier alpha value is 0.112. The van der Waals surface area contributed by atoms with Crippen molar-refractivity contribution >= 4 is 108 Å². The van der Waals surface area contributed by atoms with Crippen molar-refractivity contribution < 1.29 is 58.9 Å². The number of hydrogen-bond acceptors (Lipinski definition) is 0. The number of hydrogen-bond donors (Lipinski definition) is 0. The molecular weight excluding hydrogens is 927 g/mol. The molecule has 0 aromatic heterocycles. The molecule has 0 saturated carbocycles. The van der Waals surface area contributed by atoms with E-state index in [1.165, 1.54) is 11.1 Å². The number of rotatable bonds is 10. The first-order valence-electron chi connectivity index (χ1n) is 21.2. The zero-order valence-corrected chi connectivity index (χ0v) is 52.9. The van der Waals surface area contributed by atoms with Crippen LogP contribution in [-0.2, 0) is 21.7 Å². The summed E-state index contributed by atoms with van der Waals surface area (Å²) in [6.07, 6.45) is 0. The van der Waals surface area contributed by atoms with E-state index in [4.69, 9.17) is 0 Å². The molecule has 0 unspecified atom stereocenters. The van der Waals surface area contributed by atoms with Gasteiger partial charge < -0.3 is 37.2 Å². The third kappa shape index (κ3) is 10.6. The molecule has 0 bridgehead atoms. The Balaban J connectivity index is 0.00000841. The van der Waals surface area contributed by atoms with Gasteiger partial charge in [0.25, 0.3) is 0 Å². The van der Waals surface area contributed by atoms with Crippen molar-refractivity contribution in [2.45, 2.75) is 166 Å². The van der Waals surface area contributed by atoms with E-state index in [0.717, 1.165) is 0 Å². The molecule has 0 saturated heterocycles. The molecule has 0 heterocycles. The fourth-order valence-electron chi connectivity index (χ4n) is 11.0. The first-order chi connectivity index (χ1) is 24.5. The predicted octanol–water partition coefficient (Wildman–Crippen LogP) is -0.777.